The van der Waals surface area contributed by atoms with E-state index in [1.54, 1.807) is 0 Å². The van der Waals surface area contributed by atoms with Crippen molar-refractivity contribution in [2.45, 2.75) is 0 Å². The van der Waals surface area contributed by atoms with Gasteiger partial charge in [0, 0.05) is 0 Å². The summed E-state index contributed by atoms with van der Waals surface area (Å²) in [6.07, 6.45) is 0. The van der Waals surface area contributed by atoms with E-state index in [1.165, 1.54) is 0 Å². The lowest BCUT2D eigenvalue weighted by molar-refractivity contribution is -0.387. The Bertz CT molecular complexity index is 644. The van der Waals surface area contributed by atoms with Crippen LogP contribution in [0, 0.1) is 21.7 Å². The summed E-state index contributed by atoms with van der Waals surface area (Å²) in [5.74, 6) is -2.88. The predicted octanol–water partition coefficient (Wildman–Crippen LogP) is 2.76. The Morgan fingerprint density at radius 3 is 2.61 bits per heavy atom. The minimum atomic E-state index is -1.28. The van der Waals surface area contributed by atoms with Crippen LogP contribution < -0.4 is 5.73 Å². The molecule has 0 fully saturated rings. The van der Waals surface area contributed by atoms with Crippen LogP contribution in [0.3, 0.4) is 0 Å². The van der Waals surface area contributed by atoms with E-state index in [2.05, 4.69) is 9.68 Å². The van der Waals surface area contributed by atoms with Gasteiger partial charge in [0.1, 0.15) is 10.8 Å². The SMILES string of the molecule is Nc1noc(-c2cc(F)cc([N+](=O)[O-])c2F)c1Cl. The highest BCUT2D eigenvalue weighted by atomic mass is 35.5. The second-order valence-electron chi connectivity index (χ2n) is 3.25. The minimum Gasteiger partial charge on any atom is -0.380 e. The number of nitrogen functional groups attached to an aromatic ring is 1. The third kappa shape index (κ3) is 1.86. The standard InChI is InChI=1S/C9H4ClF2N3O3/c10-6-8(18-14-9(6)13)4-1-3(11)2-5(7(4)12)15(16)17/h1-2H,(H2,13,14). The Morgan fingerprint density at radius 2 is 2.11 bits per heavy atom. The summed E-state index contributed by atoms with van der Waals surface area (Å²) in [4.78, 5) is 9.48. The molecule has 0 saturated carbocycles. The van der Waals surface area contributed by atoms with E-state index in [1.807, 2.05) is 0 Å². The predicted molar refractivity (Wildman–Crippen MR) is 57.9 cm³/mol. The van der Waals surface area contributed by atoms with E-state index in [9.17, 15) is 18.9 Å². The molecule has 0 aliphatic carbocycles. The van der Waals surface area contributed by atoms with Gasteiger partial charge in [-0.25, -0.2) is 4.39 Å². The molecule has 0 atom stereocenters. The first-order valence-corrected chi connectivity index (χ1v) is 4.84. The summed E-state index contributed by atoms with van der Waals surface area (Å²) in [5, 5.41) is 13.6. The van der Waals surface area contributed by atoms with E-state index in [0.29, 0.717) is 12.1 Å². The fourth-order valence-electron chi connectivity index (χ4n) is 1.33. The maximum Gasteiger partial charge on any atom is 0.308 e. The van der Waals surface area contributed by atoms with Gasteiger partial charge in [-0.15, -0.1) is 0 Å². The lowest BCUT2D eigenvalue weighted by Gasteiger charge is -2.01. The smallest absolute Gasteiger partial charge is 0.308 e. The van der Waals surface area contributed by atoms with Crippen LogP contribution in [0.15, 0.2) is 16.7 Å². The van der Waals surface area contributed by atoms with Gasteiger partial charge >= 0.3 is 5.69 Å². The van der Waals surface area contributed by atoms with Gasteiger partial charge in [0.15, 0.2) is 11.6 Å². The highest BCUT2D eigenvalue weighted by Crippen LogP contribution is 2.36. The van der Waals surface area contributed by atoms with E-state index in [4.69, 9.17) is 17.3 Å². The molecule has 0 spiro atoms. The highest BCUT2D eigenvalue weighted by Gasteiger charge is 2.25. The lowest BCUT2D eigenvalue weighted by Crippen LogP contribution is -1.96. The van der Waals surface area contributed by atoms with Gasteiger partial charge in [-0.3, -0.25) is 10.1 Å². The first kappa shape index (κ1) is 12.2. The Morgan fingerprint density at radius 1 is 1.44 bits per heavy atom. The molecule has 1 heterocycles. The van der Waals surface area contributed by atoms with Crippen LogP contribution in [0.25, 0.3) is 11.3 Å². The molecule has 0 bridgehead atoms. The molecule has 1 aromatic carbocycles. The number of anilines is 1. The van der Waals surface area contributed by atoms with Crippen LogP contribution in [0.2, 0.25) is 5.02 Å². The molecular formula is C9H4ClF2N3O3. The lowest BCUT2D eigenvalue weighted by atomic mass is 10.1. The molecule has 1 aromatic heterocycles. The van der Waals surface area contributed by atoms with E-state index in [0.717, 1.165) is 0 Å². The number of nitrogens with two attached hydrogens (primary N) is 1. The third-order valence-corrected chi connectivity index (χ3v) is 2.48. The molecule has 9 heteroatoms. The number of nitro benzene ring substituents is 1. The topological polar surface area (TPSA) is 95.2 Å². The zero-order valence-electron chi connectivity index (χ0n) is 8.49. The molecule has 2 aromatic rings. The summed E-state index contributed by atoms with van der Waals surface area (Å²) in [5.41, 5.74) is 3.73. The van der Waals surface area contributed by atoms with Crippen molar-refractivity contribution in [3.63, 3.8) is 0 Å². The van der Waals surface area contributed by atoms with Gasteiger partial charge in [0.25, 0.3) is 0 Å². The van der Waals surface area contributed by atoms with Gasteiger partial charge in [-0.2, -0.15) is 4.39 Å². The van der Waals surface area contributed by atoms with E-state index >= 15 is 0 Å². The molecule has 0 aliphatic heterocycles. The third-order valence-electron chi connectivity index (χ3n) is 2.12. The first-order chi connectivity index (χ1) is 8.41. The highest BCUT2D eigenvalue weighted by molar-refractivity contribution is 6.35. The summed E-state index contributed by atoms with van der Waals surface area (Å²) >= 11 is 5.66. The number of nitrogens with zero attached hydrogens (tertiary/aromatic N) is 2. The summed E-state index contributed by atoms with van der Waals surface area (Å²) in [6.45, 7) is 0. The monoisotopic (exact) mass is 275 g/mol. The second kappa shape index (κ2) is 4.22. The Hall–Kier alpha value is -2.22. The summed E-state index contributed by atoms with van der Waals surface area (Å²) in [7, 11) is 0. The number of hydrogen-bond donors (Lipinski definition) is 1. The number of halogens is 3. The minimum absolute atomic E-state index is 0.224. The van der Waals surface area contributed by atoms with Crippen LogP contribution in [0.5, 0.6) is 0 Å². The molecule has 6 nitrogen and oxygen atoms in total. The molecular weight excluding hydrogens is 272 g/mol. The number of aromatic nitrogens is 1. The van der Waals surface area contributed by atoms with Crippen molar-refractivity contribution in [3.8, 4) is 11.3 Å². The second-order valence-corrected chi connectivity index (χ2v) is 3.63. The normalized spacial score (nSPS) is 10.6. The Labute approximate surface area is 103 Å². The Kier molecular flexibility index (Phi) is 2.87. The van der Waals surface area contributed by atoms with Gasteiger partial charge in [-0.1, -0.05) is 16.8 Å². The maximum atomic E-state index is 13.8. The average Bonchev–Trinajstić information content (AvgIpc) is 2.62. The van der Waals surface area contributed by atoms with Gasteiger partial charge in [-0.05, 0) is 6.07 Å². The average molecular weight is 276 g/mol. The van der Waals surface area contributed by atoms with E-state index in [-0.39, 0.29) is 16.6 Å². The summed E-state index contributed by atoms with van der Waals surface area (Å²) < 4.78 is 31.6. The van der Waals surface area contributed by atoms with E-state index < -0.39 is 27.8 Å². The van der Waals surface area contributed by atoms with Crippen LogP contribution in [-0.4, -0.2) is 10.1 Å². The van der Waals surface area contributed by atoms with Crippen molar-refractivity contribution in [2.24, 2.45) is 0 Å². The molecule has 2 rings (SSSR count). The molecule has 94 valence electrons. The summed E-state index contributed by atoms with van der Waals surface area (Å²) in [6, 6.07) is 1.15. The number of nitro groups is 1. The molecule has 18 heavy (non-hydrogen) atoms. The van der Waals surface area contributed by atoms with Crippen molar-refractivity contribution in [2.75, 3.05) is 5.73 Å². The molecule has 0 aliphatic rings. The number of hydrogen-bond acceptors (Lipinski definition) is 5. The number of benzene rings is 1. The zero-order chi connectivity index (χ0) is 13.4. The number of rotatable bonds is 2. The van der Waals surface area contributed by atoms with Crippen LogP contribution >= 0.6 is 11.6 Å². The van der Waals surface area contributed by atoms with Crippen LogP contribution in [0.4, 0.5) is 20.3 Å². The molecule has 0 saturated heterocycles. The van der Waals surface area contributed by atoms with Crippen molar-refractivity contribution in [1.82, 2.24) is 5.16 Å². The zero-order valence-corrected chi connectivity index (χ0v) is 9.24. The van der Waals surface area contributed by atoms with Crippen molar-refractivity contribution in [1.29, 1.82) is 0 Å². The van der Waals surface area contributed by atoms with Crippen LogP contribution in [0.1, 0.15) is 0 Å². The quantitative estimate of drug-likeness (QED) is 0.671. The van der Waals surface area contributed by atoms with Gasteiger partial charge < -0.3 is 10.3 Å². The fraction of sp³-hybridized carbons (Fsp3) is 0. The Balaban J connectivity index is 2.72. The first-order valence-electron chi connectivity index (χ1n) is 4.46. The molecule has 0 amide bonds. The fourth-order valence-corrected chi connectivity index (χ4v) is 1.50. The van der Waals surface area contributed by atoms with Crippen LogP contribution in [-0.2, 0) is 0 Å². The van der Waals surface area contributed by atoms with Gasteiger partial charge in [0.2, 0.25) is 5.82 Å². The van der Waals surface area contributed by atoms with Crippen molar-refractivity contribution >= 4 is 23.1 Å². The van der Waals surface area contributed by atoms with Crippen molar-refractivity contribution in [3.05, 3.63) is 38.9 Å². The maximum absolute atomic E-state index is 13.8. The molecule has 0 radical (unpaired) electrons. The van der Waals surface area contributed by atoms with Gasteiger partial charge in [0.05, 0.1) is 16.6 Å². The largest absolute Gasteiger partial charge is 0.380 e. The molecule has 0 unspecified atom stereocenters. The van der Waals surface area contributed by atoms with Crippen molar-refractivity contribution < 1.29 is 18.2 Å². The molecule has 2 N–H and O–H groups in total.